The maximum atomic E-state index is 12.3. The molecule has 0 bridgehead atoms. The van der Waals surface area contributed by atoms with E-state index in [1.807, 2.05) is 25.1 Å². The van der Waals surface area contributed by atoms with Crippen LogP contribution in [0.4, 0.5) is 5.69 Å². The number of hydrogen-bond acceptors (Lipinski definition) is 4. The van der Waals surface area contributed by atoms with E-state index >= 15 is 0 Å². The van der Waals surface area contributed by atoms with Gasteiger partial charge in [0.15, 0.2) is 0 Å². The van der Waals surface area contributed by atoms with E-state index in [2.05, 4.69) is 0 Å². The molecule has 1 aromatic carbocycles. The van der Waals surface area contributed by atoms with Crippen LogP contribution in [0, 0.1) is 0 Å². The topological polar surface area (TPSA) is 55.6 Å². The van der Waals surface area contributed by atoms with Gasteiger partial charge in [-0.25, -0.2) is 0 Å². The number of methoxy groups -OCH3 is 1. The normalized spacial score (nSPS) is 10.7. The third kappa shape index (κ3) is 2.51. The standard InChI is InChI=1S/C14H18N2O2S/c1-4-7-16(2)14(17)13-12(15)10-6-5-9(18-3)8-11(10)19-13/h5-6,8H,4,7,15H2,1-3H3. The van der Waals surface area contributed by atoms with Gasteiger partial charge in [0, 0.05) is 23.7 Å². The van der Waals surface area contributed by atoms with Crippen molar-refractivity contribution in [1.29, 1.82) is 0 Å². The first kappa shape index (κ1) is 13.7. The lowest BCUT2D eigenvalue weighted by atomic mass is 10.2. The Hall–Kier alpha value is -1.75. The van der Waals surface area contributed by atoms with Crippen LogP contribution in [0.3, 0.4) is 0 Å². The predicted octanol–water partition coefficient (Wildman–Crippen LogP) is 2.97. The van der Waals surface area contributed by atoms with Crippen LogP contribution in [0.5, 0.6) is 5.75 Å². The maximum absolute atomic E-state index is 12.3. The average molecular weight is 278 g/mol. The minimum Gasteiger partial charge on any atom is -0.497 e. The molecule has 4 nitrogen and oxygen atoms in total. The first-order valence-corrected chi connectivity index (χ1v) is 7.01. The van der Waals surface area contributed by atoms with Gasteiger partial charge in [0.1, 0.15) is 10.6 Å². The van der Waals surface area contributed by atoms with Gasteiger partial charge < -0.3 is 15.4 Å². The molecule has 1 aromatic heterocycles. The van der Waals surface area contributed by atoms with Gasteiger partial charge in [-0.2, -0.15) is 0 Å². The number of nitrogen functional groups attached to an aromatic ring is 1. The number of benzene rings is 1. The minimum absolute atomic E-state index is 0.0143. The van der Waals surface area contributed by atoms with E-state index in [0.717, 1.165) is 28.8 Å². The molecule has 2 N–H and O–H groups in total. The van der Waals surface area contributed by atoms with Crippen molar-refractivity contribution in [2.24, 2.45) is 0 Å². The number of hydrogen-bond donors (Lipinski definition) is 1. The molecule has 0 spiro atoms. The van der Waals surface area contributed by atoms with Gasteiger partial charge in [-0.05, 0) is 24.6 Å². The predicted molar refractivity (Wildman–Crippen MR) is 80.0 cm³/mol. The van der Waals surface area contributed by atoms with Crippen molar-refractivity contribution in [3.63, 3.8) is 0 Å². The second kappa shape index (κ2) is 5.48. The highest BCUT2D eigenvalue weighted by Crippen LogP contribution is 2.36. The van der Waals surface area contributed by atoms with Crippen molar-refractivity contribution in [1.82, 2.24) is 4.90 Å². The van der Waals surface area contributed by atoms with Gasteiger partial charge >= 0.3 is 0 Å². The molecule has 2 rings (SSSR count). The van der Waals surface area contributed by atoms with Crippen LogP contribution >= 0.6 is 11.3 Å². The molecule has 1 heterocycles. The number of fused-ring (bicyclic) bond motifs is 1. The molecule has 19 heavy (non-hydrogen) atoms. The summed E-state index contributed by atoms with van der Waals surface area (Å²) in [5, 5.41) is 0.916. The van der Waals surface area contributed by atoms with Crippen molar-refractivity contribution in [2.75, 3.05) is 26.4 Å². The molecule has 0 aliphatic rings. The number of nitrogens with two attached hydrogens (primary N) is 1. The number of carbonyl (C=O) groups is 1. The molecule has 0 radical (unpaired) electrons. The summed E-state index contributed by atoms with van der Waals surface area (Å²) < 4.78 is 6.17. The zero-order valence-electron chi connectivity index (χ0n) is 11.4. The fourth-order valence-corrected chi connectivity index (χ4v) is 3.14. The largest absolute Gasteiger partial charge is 0.497 e. The summed E-state index contributed by atoms with van der Waals surface area (Å²) in [5.74, 6) is 0.758. The highest BCUT2D eigenvalue weighted by molar-refractivity contribution is 7.21. The van der Waals surface area contributed by atoms with Crippen LogP contribution in [-0.2, 0) is 0 Å². The Bertz CT molecular complexity index is 607. The molecule has 2 aromatic rings. The first-order chi connectivity index (χ1) is 9.08. The Morgan fingerprint density at radius 3 is 2.84 bits per heavy atom. The number of anilines is 1. The third-order valence-corrected chi connectivity index (χ3v) is 4.19. The highest BCUT2D eigenvalue weighted by atomic mass is 32.1. The second-order valence-corrected chi connectivity index (χ2v) is 5.49. The van der Waals surface area contributed by atoms with Crippen molar-refractivity contribution < 1.29 is 9.53 Å². The SMILES string of the molecule is CCCN(C)C(=O)c1sc2cc(OC)ccc2c1N. The minimum atomic E-state index is -0.0143. The van der Waals surface area contributed by atoms with Crippen LogP contribution in [0.2, 0.25) is 0 Å². The van der Waals surface area contributed by atoms with Crippen molar-refractivity contribution >= 4 is 33.0 Å². The van der Waals surface area contributed by atoms with Gasteiger partial charge in [-0.3, -0.25) is 4.79 Å². The quantitative estimate of drug-likeness (QED) is 0.935. The fraction of sp³-hybridized carbons (Fsp3) is 0.357. The Morgan fingerprint density at radius 2 is 2.21 bits per heavy atom. The Kier molecular flexibility index (Phi) is 3.95. The second-order valence-electron chi connectivity index (χ2n) is 4.43. The molecule has 0 aliphatic heterocycles. The lowest BCUT2D eigenvalue weighted by Crippen LogP contribution is -2.27. The first-order valence-electron chi connectivity index (χ1n) is 6.20. The summed E-state index contributed by atoms with van der Waals surface area (Å²) in [6.07, 6.45) is 0.931. The molecule has 1 amide bonds. The summed E-state index contributed by atoms with van der Waals surface area (Å²) in [6, 6.07) is 5.67. The Balaban J connectivity index is 2.44. The summed E-state index contributed by atoms with van der Waals surface area (Å²) in [5.41, 5.74) is 6.65. The molecular formula is C14H18N2O2S. The monoisotopic (exact) mass is 278 g/mol. The van der Waals surface area contributed by atoms with E-state index < -0.39 is 0 Å². The van der Waals surface area contributed by atoms with Crippen LogP contribution in [0.25, 0.3) is 10.1 Å². The van der Waals surface area contributed by atoms with E-state index in [1.54, 1.807) is 19.1 Å². The Morgan fingerprint density at radius 1 is 1.47 bits per heavy atom. The molecule has 0 aliphatic carbocycles. The molecule has 0 atom stereocenters. The van der Waals surface area contributed by atoms with Gasteiger partial charge in [-0.15, -0.1) is 11.3 Å². The summed E-state index contributed by atoms with van der Waals surface area (Å²) in [4.78, 5) is 14.6. The zero-order chi connectivity index (χ0) is 14.0. The van der Waals surface area contributed by atoms with E-state index in [9.17, 15) is 4.79 Å². The number of rotatable bonds is 4. The molecule has 0 fully saturated rings. The number of carbonyl (C=O) groups excluding carboxylic acids is 1. The van der Waals surface area contributed by atoms with E-state index in [4.69, 9.17) is 10.5 Å². The maximum Gasteiger partial charge on any atom is 0.265 e. The lowest BCUT2D eigenvalue weighted by molar-refractivity contribution is 0.0801. The number of thiophene rings is 1. The van der Waals surface area contributed by atoms with Crippen molar-refractivity contribution in [3.8, 4) is 5.75 Å². The van der Waals surface area contributed by atoms with Crippen LogP contribution < -0.4 is 10.5 Å². The van der Waals surface area contributed by atoms with Crippen molar-refractivity contribution in [2.45, 2.75) is 13.3 Å². The molecule has 0 unspecified atom stereocenters. The molecule has 0 saturated heterocycles. The average Bonchev–Trinajstić information content (AvgIpc) is 2.74. The van der Waals surface area contributed by atoms with E-state index in [0.29, 0.717) is 10.6 Å². The van der Waals surface area contributed by atoms with Crippen molar-refractivity contribution in [3.05, 3.63) is 23.1 Å². The zero-order valence-corrected chi connectivity index (χ0v) is 12.2. The van der Waals surface area contributed by atoms with E-state index in [1.165, 1.54) is 11.3 Å². The molecule has 5 heteroatoms. The summed E-state index contributed by atoms with van der Waals surface area (Å²) in [6.45, 7) is 2.78. The van der Waals surface area contributed by atoms with E-state index in [-0.39, 0.29) is 5.91 Å². The number of nitrogens with zero attached hydrogens (tertiary/aromatic N) is 1. The molecular weight excluding hydrogens is 260 g/mol. The smallest absolute Gasteiger partial charge is 0.265 e. The number of amides is 1. The van der Waals surface area contributed by atoms with Gasteiger partial charge in [0.2, 0.25) is 0 Å². The van der Waals surface area contributed by atoms with Crippen LogP contribution in [0.15, 0.2) is 18.2 Å². The van der Waals surface area contributed by atoms with Crippen LogP contribution in [0.1, 0.15) is 23.0 Å². The van der Waals surface area contributed by atoms with Gasteiger partial charge in [0.25, 0.3) is 5.91 Å². The van der Waals surface area contributed by atoms with Gasteiger partial charge in [-0.1, -0.05) is 6.92 Å². The molecule has 0 saturated carbocycles. The number of ether oxygens (including phenoxy) is 1. The molecule has 102 valence electrons. The summed E-state index contributed by atoms with van der Waals surface area (Å²) in [7, 11) is 3.43. The van der Waals surface area contributed by atoms with Crippen LogP contribution in [-0.4, -0.2) is 31.5 Å². The lowest BCUT2D eigenvalue weighted by Gasteiger charge is -2.15. The highest BCUT2D eigenvalue weighted by Gasteiger charge is 2.19. The summed E-state index contributed by atoms with van der Waals surface area (Å²) >= 11 is 1.42. The van der Waals surface area contributed by atoms with Gasteiger partial charge in [0.05, 0.1) is 12.8 Å². The third-order valence-electron chi connectivity index (χ3n) is 3.04. The fourth-order valence-electron chi connectivity index (χ4n) is 1.99. The Labute approximate surface area is 116 Å².